The molecule has 0 saturated carbocycles. The van der Waals surface area contributed by atoms with Crippen LogP contribution in [0.1, 0.15) is 31.9 Å². The quantitative estimate of drug-likeness (QED) is 0.449. The number of aryl methyl sites for hydroxylation is 1. The van der Waals surface area contributed by atoms with Gasteiger partial charge in [-0.3, -0.25) is 9.59 Å². The highest BCUT2D eigenvalue weighted by atomic mass is 16.5. The molecule has 0 aromatic heterocycles. The highest BCUT2D eigenvalue weighted by molar-refractivity contribution is 6.46. The summed E-state index contributed by atoms with van der Waals surface area (Å²) in [7, 11) is 0. The van der Waals surface area contributed by atoms with E-state index in [1.807, 2.05) is 70.2 Å². The maximum Gasteiger partial charge on any atom is 0.282 e. The molecule has 0 radical (unpaired) electrons. The second kappa shape index (κ2) is 9.83. The second-order valence-electron chi connectivity index (χ2n) is 8.31. The lowest BCUT2D eigenvalue weighted by molar-refractivity contribution is -0.120. The Bertz CT molecular complexity index is 1230. The lowest BCUT2D eigenvalue weighted by atomic mass is 10.0. The molecule has 1 aliphatic heterocycles. The molecule has 34 heavy (non-hydrogen) atoms. The summed E-state index contributed by atoms with van der Waals surface area (Å²) in [6.07, 6.45) is 0.0339. The number of rotatable bonds is 8. The molecule has 3 aromatic rings. The van der Waals surface area contributed by atoms with Crippen molar-refractivity contribution in [2.75, 3.05) is 16.8 Å². The fourth-order valence-electron chi connectivity index (χ4n) is 3.79. The molecule has 1 heterocycles. The van der Waals surface area contributed by atoms with E-state index in [1.54, 1.807) is 30.3 Å². The molecule has 1 N–H and O–H groups in total. The minimum absolute atomic E-state index is 0.0339. The third-order valence-corrected chi connectivity index (χ3v) is 5.31. The van der Waals surface area contributed by atoms with E-state index in [0.29, 0.717) is 40.6 Å². The summed E-state index contributed by atoms with van der Waals surface area (Å²) < 4.78 is 11.3. The Morgan fingerprint density at radius 1 is 0.882 bits per heavy atom. The normalized spacial score (nSPS) is 13.6. The van der Waals surface area contributed by atoms with Crippen LogP contribution in [-0.4, -0.2) is 24.5 Å². The van der Waals surface area contributed by atoms with E-state index in [9.17, 15) is 9.59 Å². The molecule has 0 fully saturated rings. The van der Waals surface area contributed by atoms with Gasteiger partial charge in [-0.2, -0.15) is 0 Å². The minimum Gasteiger partial charge on any atom is -0.494 e. The van der Waals surface area contributed by atoms with Gasteiger partial charge in [-0.15, -0.1) is 0 Å². The van der Waals surface area contributed by atoms with Crippen molar-refractivity contribution >= 4 is 28.8 Å². The van der Waals surface area contributed by atoms with Gasteiger partial charge in [0, 0.05) is 11.8 Å². The summed E-state index contributed by atoms with van der Waals surface area (Å²) in [6, 6.07) is 21.9. The van der Waals surface area contributed by atoms with Crippen LogP contribution in [-0.2, 0) is 9.59 Å². The second-order valence-corrected chi connectivity index (χ2v) is 8.31. The topological polar surface area (TPSA) is 67.9 Å². The van der Waals surface area contributed by atoms with Crippen molar-refractivity contribution in [1.82, 2.24) is 0 Å². The molecule has 0 saturated heterocycles. The summed E-state index contributed by atoms with van der Waals surface area (Å²) in [5.41, 5.74) is 3.39. The molecule has 2 amide bonds. The zero-order valence-corrected chi connectivity index (χ0v) is 19.8. The molecule has 1 aliphatic rings. The van der Waals surface area contributed by atoms with Crippen molar-refractivity contribution < 1.29 is 19.1 Å². The number of benzene rings is 3. The van der Waals surface area contributed by atoms with Crippen LogP contribution >= 0.6 is 0 Å². The van der Waals surface area contributed by atoms with Crippen LogP contribution in [0.25, 0.3) is 5.57 Å². The number of ether oxygens (including phenoxy) is 2. The average molecular weight is 457 g/mol. The van der Waals surface area contributed by atoms with E-state index in [-0.39, 0.29) is 17.7 Å². The predicted octanol–water partition coefficient (Wildman–Crippen LogP) is 5.58. The number of imide groups is 1. The summed E-state index contributed by atoms with van der Waals surface area (Å²) in [4.78, 5) is 28.3. The number of nitrogens with zero attached hydrogens (tertiary/aromatic N) is 1. The zero-order valence-electron chi connectivity index (χ0n) is 19.8. The molecule has 0 atom stereocenters. The first-order chi connectivity index (χ1) is 16.4. The van der Waals surface area contributed by atoms with E-state index in [1.165, 1.54) is 4.90 Å². The van der Waals surface area contributed by atoms with Gasteiger partial charge >= 0.3 is 0 Å². The predicted molar refractivity (Wildman–Crippen MR) is 134 cm³/mol. The Hall–Kier alpha value is -4.06. The van der Waals surface area contributed by atoms with Crippen molar-refractivity contribution in [2.24, 2.45) is 0 Å². The molecule has 6 heteroatoms. The van der Waals surface area contributed by atoms with Crippen LogP contribution in [0.4, 0.5) is 11.4 Å². The van der Waals surface area contributed by atoms with Crippen molar-refractivity contribution in [3.05, 3.63) is 89.6 Å². The SMILES string of the molecule is CCOc1cccc(NC2=C(c3ccc(OC(C)C)cc3)C(=O)N(c3ccc(C)cc3)C2=O)c1. The van der Waals surface area contributed by atoms with Crippen LogP contribution in [0.5, 0.6) is 11.5 Å². The number of hydrogen-bond donors (Lipinski definition) is 1. The lowest BCUT2D eigenvalue weighted by Crippen LogP contribution is -2.32. The maximum absolute atomic E-state index is 13.6. The van der Waals surface area contributed by atoms with E-state index in [4.69, 9.17) is 9.47 Å². The van der Waals surface area contributed by atoms with Crippen LogP contribution in [0, 0.1) is 6.92 Å². The first-order valence-electron chi connectivity index (χ1n) is 11.3. The van der Waals surface area contributed by atoms with E-state index in [2.05, 4.69) is 5.32 Å². The number of carbonyl (C=O) groups is 2. The largest absolute Gasteiger partial charge is 0.494 e. The molecule has 174 valence electrons. The number of carbonyl (C=O) groups excluding carboxylic acids is 2. The third-order valence-electron chi connectivity index (χ3n) is 5.31. The first-order valence-corrected chi connectivity index (χ1v) is 11.3. The minimum atomic E-state index is -0.409. The van der Waals surface area contributed by atoms with Crippen LogP contribution in [0.2, 0.25) is 0 Å². The van der Waals surface area contributed by atoms with Crippen LogP contribution < -0.4 is 19.7 Å². The van der Waals surface area contributed by atoms with Crippen molar-refractivity contribution in [1.29, 1.82) is 0 Å². The van der Waals surface area contributed by atoms with E-state index in [0.717, 1.165) is 5.56 Å². The molecular formula is C28H28N2O4. The van der Waals surface area contributed by atoms with Gasteiger partial charge in [-0.25, -0.2) is 4.90 Å². The molecule has 3 aromatic carbocycles. The average Bonchev–Trinajstić information content (AvgIpc) is 3.04. The number of amides is 2. The standard InChI is InChI=1S/C28H28N2O4/c1-5-33-24-8-6-7-21(17-24)29-26-25(20-11-15-23(16-12-20)34-18(2)3)27(31)30(28(26)32)22-13-9-19(4)10-14-22/h6-18,29H,5H2,1-4H3. The van der Waals surface area contributed by atoms with Gasteiger partial charge in [0.15, 0.2) is 0 Å². The van der Waals surface area contributed by atoms with E-state index >= 15 is 0 Å². The number of nitrogens with one attached hydrogen (secondary N) is 1. The van der Waals surface area contributed by atoms with Gasteiger partial charge in [0.05, 0.1) is 24.0 Å². The fraction of sp³-hybridized carbons (Fsp3) is 0.214. The molecule has 0 spiro atoms. The molecule has 0 aliphatic carbocycles. The number of anilines is 2. The Morgan fingerprint density at radius 2 is 1.59 bits per heavy atom. The summed E-state index contributed by atoms with van der Waals surface area (Å²) in [5, 5.41) is 3.18. The van der Waals surface area contributed by atoms with Gasteiger partial charge in [0.2, 0.25) is 0 Å². The van der Waals surface area contributed by atoms with Crippen molar-refractivity contribution in [3.63, 3.8) is 0 Å². The van der Waals surface area contributed by atoms with Gasteiger partial charge in [-0.05, 0) is 69.7 Å². The van der Waals surface area contributed by atoms with Gasteiger partial charge in [0.25, 0.3) is 11.8 Å². The first kappa shape index (κ1) is 23.1. The third kappa shape index (κ3) is 4.81. The van der Waals surface area contributed by atoms with Gasteiger partial charge < -0.3 is 14.8 Å². The van der Waals surface area contributed by atoms with Gasteiger partial charge in [0.1, 0.15) is 17.2 Å². The highest BCUT2D eigenvalue weighted by Crippen LogP contribution is 2.35. The van der Waals surface area contributed by atoms with Crippen LogP contribution in [0.3, 0.4) is 0 Å². The molecule has 0 unspecified atom stereocenters. The van der Waals surface area contributed by atoms with Crippen LogP contribution in [0.15, 0.2) is 78.5 Å². The lowest BCUT2D eigenvalue weighted by Gasteiger charge is -2.16. The summed E-state index contributed by atoms with van der Waals surface area (Å²) in [6.45, 7) is 8.30. The highest BCUT2D eigenvalue weighted by Gasteiger charge is 2.40. The molecule has 6 nitrogen and oxygen atoms in total. The summed E-state index contributed by atoms with van der Waals surface area (Å²) in [5.74, 6) is 0.588. The fourth-order valence-corrected chi connectivity index (χ4v) is 3.79. The molecular weight excluding hydrogens is 428 g/mol. The van der Waals surface area contributed by atoms with Gasteiger partial charge in [-0.1, -0.05) is 35.9 Å². The monoisotopic (exact) mass is 456 g/mol. The van der Waals surface area contributed by atoms with E-state index < -0.39 is 5.91 Å². The van der Waals surface area contributed by atoms with Crippen molar-refractivity contribution in [2.45, 2.75) is 33.8 Å². The Kier molecular flexibility index (Phi) is 6.68. The van der Waals surface area contributed by atoms with Crippen molar-refractivity contribution in [3.8, 4) is 11.5 Å². The maximum atomic E-state index is 13.6. The number of hydrogen-bond acceptors (Lipinski definition) is 5. The Balaban J connectivity index is 1.76. The Labute approximate surface area is 199 Å². The summed E-state index contributed by atoms with van der Waals surface area (Å²) >= 11 is 0. The zero-order chi connectivity index (χ0) is 24.2. The molecule has 0 bridgehead atoms. The Morgan fingerprint density at radius 3 is 2.24 bits per heavy atom. The smallest absolute Gasteiger partial charge is 0.282 e. The molecule has 4 rings (SSSR count).